The predicted molar refractivity (Wildman–Crippen MR) is 65.8 cm³/mol. The van der Waals surface area contributed by atoms with Gasteiger partial charge < -0.3 is 5.73 Å². The van der Waals surface area contributed by atoms with Gasteiger partial charge in [0.05, 0.1) is 10.4 Å². The molecule has 2 aromatic heterocycles. The smallest absolute Gasteiger partial charge is 0.150 e. The van der Waals surface area contributed by atoms with Crippen LogP contribution in [0.15, 0.2) is 6.07 Å². The van der Waals surface area contributed by atoms with Crippen LogP contribution in [0.25, 0.3) is 10.6 Å². The first-order valence-corrected chi connectivity index (χ1v) is 6.51. The normalized spacial score (nSPS) is 13.1. The number of halogens is 2. The highest BCUT2D eigenvalue weighted by Gasteiger charge is 2.14. The first-order valence-electron chi connectivity index (χ1n) is 4.12. The van der Waals surface area contributed by atoms with Crippen molar-refractivity contribution >= 4 is 45.9 Å². The van der Waals surface area contributed by atoms with Gasteiger partial charge in [-0.25, -0.2) is 0 Å². The Morgan fingerprint density at radius 1 is 1.33 bits per heavy atom. The topological polar surface area (TPSA) is 51.8 Å². The summed E-state index contributed by atoms with van der Waals surface area (Å²) < 4.78 is 1.28. The predicted octanol–water partition coefficient (Wildman–Crippen LogP) is 3.59. The Morgan fingerprint density at radius 2 is 2.07 bits per heavy atom. The standard InChI is InChI=1S/C8H7Cl2N3S2/c1-3(11)7-12-13-8(15-7)4-2-5(9)14-6(4)10/h2-3H,11H2,1H3. The monoisotopic (exact) mass is 279 g/mol. The van der Waals surface area contributed by atoms with Crippen molar-refractivity contribution in [2.24, 2.45) is 5.73 Å². The Balaban J connectivity index is 2.41. The van der Waals surface area contributed by atoms with E-state index in [1.807, 2.05) is 6.92 Å². The molecule has 1 atom stereocenters. The number of nitrogens with zero attached hydrogens (tertiary/aromatic N) is 2. The maximum absolute atomic E-state index is 6.01. The van der Waals surface area contributed by atoms with Crippen LogP contribution < -0.4 is 5.73 Å². The molecule has 0 saturated heterocycles. The van der Waals surface area contributed by atoms with E-state index in [1.54, 1.807) is 6.07 Å². The average molecular weight is 280 g/mol. The highest BCUT2D eigenvalue weighted by atomic mass is 35.5. The van der Waals surface area contributed by atoms with Gasteiger partial charge in [-0.05, 0) is 13.0 Å². The molecule has 0 aliphatic rings. The molecule has 0 bridgehead atoms. The van der Waals surface area contributed by atoms with E-state index in [1.165, 1.54) is 22.7 Å². The van der Waals surface area contributed by atoms with Gasteiger partial charge in [0.2, 0.25) is 0 Å². The second kappa shape index (κ2) is 4.35. The summed E-state index contributed by atoms with van der Waals surface area (Å²) in [4.78, 5) is 0. The molecule has 7 heteroatoms. The van der Waals surface area contributed by atoms with Gasteiger partial charge in [0.25, 0.3) is 0 Å². The number of aromatic nitrogens is 2. The van der Waals surface area contributed by atoms with Crippen molar-refractivity contribution in [3.8, 4) is 10.6 Å². The first kappa shape index (κ1) is 11.3. The van der Waals surface area contributed by atoms with Crippen LogP contribution in [0.1, 0.15) is 18.0 Å². The number of hydrogen-bond donors (Lipinski definition) is 1. The molecule has 2 N–H and O–H groups in total. The molecule has 0 aliphatic carbocycles. The van der Waals surface area contributed by atoms with Crippen molar-refractivity contribution in [2.75, 3.05) is 0 Å². The van der Waals surface area contributed by atoms with E-state index in [4.69, 9.17) is 28.9 Å². The molecule has 2 heterocycles. The van der Waals surface area contributed by atoms with Crippen molar-refractivity contribution in [3.05, 3.63) is 19.7 Å². The lowest BCUT2D eigenvalue weighted by atomic mass is 10.4. The number of nitrogens with two attached hydrogens (primary N) is 1. The summed E-state index contributed by atoms with van der Waals surface area (Å²) in [6.07, 6.45) is 0. The Bertz CT molecular complexity index is 478. The Morgan fingerprint density at radius 3 is 2.53 bits per heavy atom. The quantitative estimate of drug-likeness (QED) is 0.914. The van der Waals surface area contributed by atoms with Gasteiger partial charge in [0.1, 0.15) is 14.4 Å². The van der Waals surface area contributed by atoms with Gasteiger partial charge in [-0.2, -0.15) is 0 Å². The Kier molecular flexibility index (Phi) is 3.27. The van der Waals surface area contributed by atoms with E-state index in [0.29, 0.717) is 8.67 Å². The lowest BCUT2D eigenvalue weighted by Gasteiger charge is -1.94. The van der Waals surface area contributed by atoms with Crippen LogP contribution in [0.4, 0.5) is 0 Å². The van der Waals surface area contributed by atoms with E-state index < -0.39 is 0 Å². The van der Waals surface area contributed by atoms with Gasteiger partial charge in [0, 0.05) is 5.56 Å². The van der Waals surface area contributed by atoms with Crippen LogP contribution in [-0.4, -0.2) is 10.2 Å². The molecule has 0 saturated carbocycles. The number of thiophene rings is 1. The average Bonchev–Trinajstić information content (AvgIpc) is 2.71. The summed E-state index contributed by atoms with van der Waals surface area (Å²) in [5, 5.41) is 9.58. The number of hydrogen-bond acceptors (Lipinski definition) is 5. The second-order valence-corrected chi connectivity index (χ2v) is 6.27. The highest BCUT2D eigenvalue weighted by Crippen LogP contribution is 2.39. The zero-order valence-electron chi connectivity index (χ0n) is 7.70. The SMILES string of the molecule is CC(N)c1nnc(-c2cc(Cl)sc2Cl)s1. The molecule has 0 radical (unpaired) electrons. The third-order valence-electron chi connectivity index (χ3n) is 1.72. The first-order chi connectivity index (χ1) is 7.08. The minimum atomic E-state index is -0.107. The summed E-state index contributed by atoms with van der Waals surface area (Å²) in [6.45, 7) is 1.87. The molecule has 2 aromatic rings. The second-order valence-electron chi connectivity index (χ2n) is 2.97. The molecule has 0 aliphatic heterocycles. The highest BCUT2D eigenvalue weighted by molar-refractivity contribution is 7.21. The lowest BCUT2D eigenvalue weighted by Crippen LogP contribution is -2.03. The Labute approximate surface area is 105 Å². The van der Waals surface area contributed by atoms with Gasteiger partial charge >= 0.3 is 0 Å². The van der Waals surface area contributed by atoms with Crippen molar-refractivity contribution in [2.45, 2.75) is 13.0 Å². The van der Waals surface area contributed by atoms with Crippen LogP contribution in [0.5, 0.6) is 0 Å². The summed E-state index contributed by atoms with van der Waals surface area (Å²) in [7, 11) is 0. The third kappa shape index (κ3) is 2.32. The molecule has 2 rings (SSSR count). The summed E-state index contributed by atoms with van der Waals surface area (Å²) in [6, 6.07) is 1.68. The molecule has 0 amide bonds. The van der Waals surface area contributed by atoms with Crippen LogP contribution in [-0.2, 0) is 0 Å². The minimum Gasteiger partial charge on any atom is -0.322 e. The molecule has 15 heavy (non-hydrogen) atoms. The van der Waals surface area contributed by atoms with Crippen molar-refractivity contribution in [1.29, 1.82) is 0 Å². The third-order valence-corrected chi connectivity index (χ3v) is 4.36. The molecule has 0 fully saturated rings. The zero-order chi connectivity index (χ0) is 11.0. The van der Waals surface area contributed by atoms with Gasteiger partial charge in [-0.1, -0.05) is 34.5 Å². The van der Waals surface area contributed by atoms with Gasteiger partial charge in [-0.3, -0.25) is 0 Å². The van der Waals surface area contributed by atoms with E-state index in [9.17, 15) is 0 Å². The van der Waals surface area contributed by atoms with E-state index in [2.05, 4.69) is 10.2 Å². The molecule has 80 valence electrons. The minimum absolute atomic E-state index is 0.107. The maximum Gasteiger partial charge on any atom is 0.150 e. The van der Waals surface area contributed by atoms with Crippen LogP contribution in [0, 0.1) is 0 Å². The zero-order valence-corrected chi connectivity index (χ0v) is 10.8. The van der Waals surface area contributed by atoms with Crippen molar-refractivity contribution in [3.63, 3.8) is 0 Å². The summed E-state index contributed by atoms with van der Waals surface area (Å²) in [5.41, 5.74) is 6.53. The van der Waals surface area contributed by atoms with Gasteiger partial charge in [0.15, 0.2) is 0 Å². The molecular formula is C8H7Cl2N3S2. The van der Waals surface area contributed by atoms with E-state index in [-0.39, 0.29) is 6.04 Å². The fraction of sp³-hybridized carbons (Fsp3) is 0.250. The van der Waals surface area contributed by atoms with E-state index in [0.717, 1.165) is 15.6 Å². The molecule has 3 nitrogen and oxygen atoms in total. The Hall–Kier alpha value is -0.200. The fourth-order valence-corrected chi connectivity index (χ4v) is 3.42. The molecule has 0 spiro atoms. The molecular weight excluding hydrogens is 273 g/mol. The van der Waals surface area contributed by atoms with Crippen LogP contribution in [0.3, 0.4) is 0 Å². The molecule has 1 unspecified atom stereocenters. The van der Waals surface area contributed by atoms with Crippen molar-refractivity contribution < 1.29 is 0 Å². The number of rotatable bonds is 2. The largest absolute Gasteiger partial charge is 0.322 e. The van der Waals surface area contributed by atoms with E-state index >= 15 is 0 Å². The fourth-order valence-electron chi connectivity index (χ4n) is 1.01. The summed E-state index contributed by atoms with van der Waals surface area (Å²) >= 11 is 14.6. The molecule has 0 aromatic carbocycles. The van der Waals surface area contributed by atoms with Gasteiger partial charge in [-0.15, -0.1) is 21.5 Å². The lowest BCUT2D eigenvalue weighted by molar-refractivity contribution is 0.786. The van der Waals surface area contributed by atoms with Crippen molar-refractivity contribution in [1.82, 2.24) is 10.2 Å². The van der Waals surface area contributed by atoms with Crippen LogP contribution >= 0.6 is 45.9 Å². The maximum atomic E-state index is 6.01. The summed E-state index contributed by atoms with van der Waals surface area (Å²) in [5.74, 6) is 0. The van der Waals surface area contributed by atoms with Crippen LogP contribution in [0.2, 0.25) is 8.67 Å².